The van der Waals surface area contributed by atoms with Crippen molar-refractivity contribution < 1.29 is 23.1 Å². The molecule has 18 heavy (non-hydrogen) atoms. The van der Waals surface area contributed by atoms with Gasteiger partial charge in [0.2, 0.25) is 0 Å². The van der Waals surface area contributed by atoms with Gasteiger partial charge in [0.1, 0.15) is 17.3 Å². The summed E-state index contributed by atoms with van der Waals surface area (Å²) in [4.78, 5) is 0. The second kappa shape index (κ2) is 6.29. The first-order valence-corrected chi connectivity index (χ1v) is 7.18. The third-order valence-electron chi connectivity index (χ3n) is 2.27. The maximum Gasteiger partial charge on any atom is 0.351 e. The molecule has 0 aliphatic heterocycles. The van der Waals surface area contributed by atoms with E-state index in [1.54, 1.807) is 13.8 Å². The number of halogens is 1. The monoisotopic (exact) mass is 277 g/mol. The standard InChI is InChI=1S/C11H17FNO4P/c1-3-16-18(15,17-4-2)11(13)9-7-8(12)5-6-10(9)14/h5-7,11,14H,3-4,13H2,1-2H3/t11-/m1/s1. The molecule has 0 saturated heterocycles. The zero-order chi connectivity index (χ0) is 13.8. The summed E-state index contributed by atoms with van der Waals surface area (Å²) in [6.07, 6.45) is 0. The van der Waals surface area contributed by atoms with Crippen LogP contribution < -0.4 is 5.73 Å². The van der Waals surface area contributed by atoms with Crippen LogP contribution in [0.3, 0.4) is 0 Å². The largest absolute Gasteiger partial charge is 0.508 e. The lowest BCUT2D eigenvalue weighted by Gasteiger charge is -2.23. The summed E-state index contributed by atoms with van der Waals surface area (Å²) in [5.41, 5.74) is 5.78. The molecule has 102 valence electrons. The first-order chi connectivity index (χ1) is 8.44. The maximum absolute atomic E-state index is 13.1. The molecule has 1 rings (SSSR count). The molecule has 0 heterocycles. The van der Waals surface area contributed by atoms with Gasteiger partial charge in [-0.2, -0.15) is 0 Å². The van der Waals surface area contributed by atoms with E-state index in [1.165, 1.54) is 0 Å². The normalized spacial score (nSPS) is 13.6. The minimum absolute atomic E-state index is 0.000216. The number of hydrogen-bond donors (Lipinski definition) is 2. The third-order valence-corrected chi connectivity index (χ3v) is 4.46. The fraction of sp³-hybridized carbons (Fsp3) is 0.455. The number of phenols is 1. The summed E-state index contributed by atoms with van der Waals surface area (Å²) in [7, 11) is -3.63. The SMILES string of the molecule is CCOP(=O)(OCC)[C@@H](N)c1cc(F)ccc1O. The fourth-order valence-electron chi connectivity index (χ4n) is 1.49. The Balaban J connectivity index is 3.13. The van der Waals surface area contributed by atoms with Gasteiger partial charge in [-0.15, -0.1) is 0 Å². The van der Waals surface area contributed by atoms with Crippen molar-refractivity contribution in [3.05, 3.63) is 29.6 Å². The summed E-state index contributed by atoms with van der Waals surface area (Å²) < 4.78 is 35.6. The van der Waals surface area contributed by atoms with E-state index in [0.717, 1.165) is 18.2 Å². The Hall–Kier alpha value is -0.940. The Kier molecular flexibility index (Phi) is 5.28. The number of rotatable bonds is 6. The zero-order valence-electron chi connectivity index (χ0n) is 10.3. The molecule has 0 amide bonds. The van der Waals surface area contributed by atoms with E-state index >= 15 is 0 Å². The van der Waals surface area contributed by atoms with Crippen LogP contribution in [0.5, 0.6) is 5.75 Å². The molecule has 3 N–H and O–H groups in total. The highest BCUT2D eigenvalue weighted by Crippen LogP contribution is 2.59. The second-order valence-corrected chi connectivity index (χ2v) is 5.68. The number of hydrogen-bond acceptors (Lipinski definition) is 5. The van der Waals surface area contributed by atoms with Gasteiger partial charge < -0.3 is 19.9 Å². The summed E-state index contributed by atoms with van der Waals surface area (Å²) in [5, 5.41) is 9.63. The van der Waals surface area contributed by atoms with Gasteiger partial charge in [0.15, 0.2) is 0 Å². The molecular weight excluding hydrogens is 260 g/mol. The van der Waals surface area contributed by atoms with E-state index in [0.29, 0.717) is 0 Å². The fourth-order valence-corrected chi connectivity index (χ4v) is 3.15. The summed E-state index contributed by atoms with van der Waals surface area (Å²) in [5.74, 6) is -2.06. The molecule has 0 aliphatic carbocycles. The molecule has 0 saturated carbocycles. The van der Waals surface area contributed by atoms with Gasteiger partial charge in [0.25, 0.3) is 0 Å². The van der Waals surface area contributed by atoms with Crippen LogP contribution in [-0.4, -0.2) is 18.3 Å². The Labute approximate surface area is 105 Å². The summed E-state index contributed by atoms with van der Waals surface area (Å²) >= 11 is 0. The average Bonchev–Trinajstić information content (AvgIpc) is 2.32. The molecular formula is C11H17FNO4P. The van der Waals surface area contributed by atoms with Crippen molar-refractivity contribution in [2.45, 2.75) is 19.6 Å². The van der Waals surface area contributed by atoms with Crippen molar-refractivity contribution in [1.82, 2.24) is 0 Å². The molecule has 1 atom stereocenters. The maximum atomic E-state index is 13.1. The van der Waals surface area contributed by atoms with Gasteiger partial charge in [0.05, 0.1) is 13.2 Å². The van der Waals surface area contributed by atoms with Crippen LogP contribution in [0, 0.1) is 5.82 Å². The Morgan fingerprint density at radius 1 is 1.39 bits per heavy atom. The molecule has 1 aromatic carbocycles. The van der Waals surface area contributed by atoms with Crippen LogP contribution in [0.1, 0.15) is 25.2 Å². The molecule has 5 nitrogen and oxygen atoms in total. The third kappa shape index (κ3) is 3.29. The first-order valence-electron chi connectivity index (χ1n) is 5.57. The predicted molar refractivity (Wildman–Crippen MR) is 65.9 cm³/mol. The number of phenolic OH excluding ortho intramolecular Hbond substituents is 1. The molecule has 0 unspecified atom stereocenters. The van der Waals surface area contributed by atoms with E-state index in [1.807, 2.05) is 0 Å². The average molecular weight is 277 g/mol. The van der Waals surface area contributed by atoms with Gasteiger partial charge in [-0.1, -0.05) is 0 Å². The lowest BCUT2D eigenvalue weighted by Crippen LogP contribution is -2.15. The minimum Gasteiger partial charge on any atom is -0.508 e. The van der Waals surface area contributed by atoms with Crippen molar-refractivity contribution >= 4 is 7.60 Å². The van der Waals surface area contributed by atoms with Gasteiger partial charge in [0, 0.05) is 5.56 Å². The molecule has 0 bridgehead atoms. The van der Waals surface area contributed by atoms with E-state index < -0.39 is 19.2 Å². The number of benzene rings is 1. The molecule has 0 spiro atoms. The highest BCUT2D eigenvalue weighted by atomic mass is 31.2. The predicted octanol–water partition coefficient (Wildman–Crippen LogP) is 2.75. The number of nitrogens with two attached hydrogens (primary N) is 1. The molecule has 0 aromatic heterocycles. The van der Waals surface area contributed by atoms with E-state index in [-0.39, 0.29) is 24.5 Å². The van der Waals surface area contributed by atoms with Crippen molar-refractivity contribution in [3.8, 4) is 5.75 Å². The molecule has 0 radical (unpaired) electrons. The second-order valence-electron chi connectivity index (χ2n) is 3.52. The van der Waals surface area contributed by atoms with E-state index in [2.05, 4.69) is 0 Å². The van der Waals surface area contributed by atoms with Crippen molar-refractivity contribution in [2.24, 2.45) is 5.73 Å². The number of aromatic hydroxyl groups is 1. The first kappa shape index (κ1) is 15.1. The summed E-state index contributed by atoms with van der Waals surface area (Å²) in [6, 6.07) is 3.25. The van der Waals surface area contributed by atoms with Crippen molar-refractivity contribution in [3.63, 3.8) is 0 Å². The molecule has 7 heteroatoms. The van der Waals surface area contributed by atoms with Gasteiger partial charge in [-0.25, -0.2) is 4.39 Å². The van der Waals surface area contributed by atoms with E-state index in [9.17, 15) is 14.1 Å². The summed E-state index contributed by atoms with van der Waals surface area (Å²) in [6.45, 7) is 3.57. The molecule has 0 fully saturated rings. The zero-order valence-corrected chi connectivity index (χ0v) is 11.2. The van der Waals surface area contributed by atoms with Crippen LogP contribution >= 0.6 is 7.60 Å². The lowest BCUT2D eigenvalue weighted by atomic mass is 10.2. The van der Waals surface area contributed by atoms with Crippen LogP contribution in [0.15, 0.2) is 18.2 Å². The van der Waals surface area contributed by atoms with Gasteiger partial charge >= 0.3 is 7.60 Å². The van der Waals surface area contributed by atoms with Gasteiger partial charge in [-0.05, 0) is 32.0 Å². The lowest BCUT2D eigenvalue weighted by molar-refractivity contribution is 0.212. The molecule has 0 aliphatic rings. The van der Waals surface area contributed by atoms with Crippen LogP contribution in [-0.2, 0) is 13.6 Å². The van der Waals surface area contributed by atoms with Crippen LogP contribution in [0.2, 0.25) is 0 Å². The Morgan fingerprint density at radius 2 is 1.94 bits per heavy atom. The molecule has 1 aromatic rings. The van der Waals surface area contributed by atoms with Crippen LogP contribution in [0.4, 0.5) is 4.39 Å². The van der Waals surface area contributed by atoms with Crippen molar-refractivity contribution in [2.75, 3.05) is 13.2 Å². The topological polar surface area (TPSA) is 81.8 Å². The Morgan fingerprint density at radius 3 is 2.44 bits per heavy atom. The van der Waals surface area contributed by atoms with Crippen molar-refractivity contribution in [1.29, 1.82) is 0 Å². The quantitative estimate of drug-likeness (QED) is 0.781. The highest BCUT2D eigenvalue weighted by Gasteiger charge is 2.35. The highest BCUT2D eigenvalue weighted by molar-refractivity contribution is 7.54. The minimum atomic E-state index is -3.63. The van der Waals surface area contributed by atoms with E-state index in [4.69, 9.17) is 14.8 Å². The van der Waals surface area contributed by atoms with Gasteiger partial charge in [-0.3, -0.25) is 4.57 Å². The smallest absolute Gasteiger partial charge is 0.351 e. The Bertz CT molecular complexity index is 445. The van der Waals surface area contributed by atoms with Crippen LogP contribution in [0.25, 0.3) is 0 Å².